The van der Waals surface area contributed by atoms with E-state index >= 15 is 0 Å². The van der Waals surface area contributed by atoms with Crippen molar-refractivity contribution in [3.63, 3.8) is 0 Å². The number of rotatable bonds is 6. The molecule has 1 aromatic carbocycles. The summed E-state index contributed by atoms with van der Waals surface area (Å²) >= 11 is 0. The summed E-state index contributed by atoms with van der Waals surface area (Å²) in [4.78, 5) is 30.8. The van der Waals surface area contributed by atoms with Crippen LogP contribution in [0.3, 0.4) is 0 Å². The maximum Gasteiger partial charge on any atom is 0.269 e. The van der Waals surface area contributed by atoms with Crippen molar-refractivity contribution in [2.75, 3.05) is 6.54 Å². The van der Waals surface area contributed by atoms with Crippen LogP contribution in [0.5, 0.6) is 0 Å². The minimum absolute atomic E-state index is 0.000654. The molecule has 172 valence electrons. The van der Waals surface area contributed by atoms with Gasteiger partial charge >= 0.3 is 0 Å². The zero-order valence-corrected chi connectivity index (χ0v) is 17.7. The summed E-state index contributed by atoms with van der Waals surface area (Å²) in [5, 5.41) is 2.65. The first kappa shape index (κ1) is 22.3. The molecule has 2 saturated heterocycles. The van der Waals surface area contributed by atoms with Crippen molar-refractivity contribution in [1.29, 1.82) is 0 Å². The highest BCUT2D eigenvalue weighted by Crippen LogP contribution is 2.40. The van der Waals surface area contributed by atoms with Gasteiger partial charge in [-0.1, -0.05) is 0 Å². The van der Waals surface area contributed by atoms with Crippen molar-refractivity contribution in [1.82, 2.24) is 19.8 Å². The molecule has 3 heterocycles. The summed E-state index contributed by atoms with van der Waals surface area (Å²) in [5.74, 6) is -3.60. The van der Waals surface area contributed by atoms with Gasteiger partial charge in [-0.3, -0.25) is 9.59 Å². The number of halogens is 3. The van der Waals surface area contributed by atoms with Crippen LogP contribution in [0.4, 0.5) is 13.2 Å². The third-order valence-electron chi connectivity index (χ3n) is 6.66. The number of fused-ring (bicyclic) bond motifs is 2. The fourth-order valence-corrected chi connectivity index (χ4v) is 5.03. The van der Waals surface area contributed by atoms with Gasteiger partial charge in [-0.15, -0.1) is 0 Å². The minimum Gasteiger partial charge on any atom is -0.342 e. The van der Waals surface area contributed by atoms with E-state index < -0.39 is 23.5 Å². The number of amides is 2. The number of hydrogen-bond donors (Lipinski definition) is 2. The lowest BCUT2D eigenvalue weighted by molar-refractivity contribution is -0.135. The maximum absolute atomic E-state index is 14.0. The summed E-state index contributed by atoms with van der Waals surface area (Å²) in [5.41, 5.74) is 6.75. The Morgan fingerprint density at radius 2 is 1.81 bits per heavy atom. The van der Waals surface area contributed by atoms with Gasteiger partial charge in [-0.2, -0.15) is 0 Å². The predicted octanol–water partition coefficient (Wildman–Crippen LogP) is 1.91. The first-order valence-electron chi connectivity index (χ1n) is 10.7. The van der Waals surface area contributed by atoms with Crippen LogP contribution < -0.4 is 11.1 Å². The number of piperidine rings is 1. The standard InChI is InChI=1S/C22H26F3N5O2/c1-29-11-27-9-20(29)22(32)28-10-21(31)30-14-2-3-15(30)5-13(4-14)19(26)7-12-6-17(24)18(25)8-16(12)23/h6,8-9,11,13-15,19H,2-5,7,10,26H2,1H3,(H,28,32). The highest BCUT2D eigenvalue weighted by atomic mass is 19.2. The molecule has 3 N–H and O–H groups in total. The monoisotopic (exact) mass is 449 g/mol. The molecule has 32 heavy (non-hydrogen) atoms. The highest BCUT2D eigenvalue weighted by molar-refractivity contribution is 5.95. The molecule has 10 heteroatoms. The number of nitrogens with one attached hydrogen (secondary N) is 1. The Balaban J connectivity index is 1.35. The first-order chi connectivity index (χ1) is 15.2. The quantitative estimate of drug-likeness (QED) is 0.659. The largest absolute Gasteiger partial charge is 0.342 e. The normalized spacial score (nSPS) is 23.3. The second-order valence-corrected chi connectivity index (χ2v) is 8.72. The highest BCUT2D eigenvalue weighted by Gasteiger charge is 2.44. The summed E-state index contributed by atoms with van der Waals surface area (Å²) in [6.45, 7) is -0.103. The van der Waals surface area contributed by atoms with E-state index in [4.69, 9.17) is 5.73 Å². The van der Waals surface area contributed by atoms with Crippen molar-refractivity contribution in [2.45, 2.75) is 50.2 Å². The molecule has 3 atom stereocenters. The number of carbonyl (C=O) groups excluding carboxylic acids is 2. The Hall–Kier alpha value is -2.88. The summed E-state index contributed by atoms with van der Waals surface area (Å²) in [7, 11) is 1.70. The van der Waals surface area contributed by atoms with E-state index in [2.05, 4.69) is 10.3 Å². The second kappa shape index (κ2) is 8.93. The molecule has 0 spiro atoms. The molecule has 0 radical (unpaired) electrons. The molecule has 2 fully saturated rings. The summed E-state index contributed by atoms with van der Waals surface area (Å²) < 4.78 is 42.3. The van der Waals surface area contributed by atoms with Crippen LogP contribution in [0.2, 0.25) is 0 Å². The van der Waals surface area contributed by atoms with Crippen molar-refractivity contribution in [3.05, 3.63) is 53.4 Å². The lowest BCUT2D eigenvalue weighted by atomic mass is 9.82. The van der Waals surface area contributed by atoms with Crippen LogP contribution in [0.1, 0.15) is 41.7 Å². The van der Waals surface area contributed by atoms with Crippen LogP contribution in [0, 0.1) is 23.4 Å². The van der Waals surface area contributed by atoms with E-state index in [1.54, 1.807) is 11.6 Å². The van der Waals surface area contributed by atoms with Gasteiger partial charge in [0.2, 0.25) is 5.91 Å². The average Bonchev–Trinajstić information content (AvgIpc) is 3.29. The minimum atomic E-state index is -1.22. The third-order valence-corrected chi connectivity index (χ3v) is 6.66. The molecule has 2 aromatic rings. The zero-order valence-electron chi connectivity index (χ0n) is 17.7. The smallest absolute Gasteiger partial charge is 0.269 e. The molecular formula is C22H26F3N5O2. The van der Waals surface area contributed by atoms with Gasteiger partial charge < -0.3 is 20.5 Å². The Morgan fingerprint density at radius 1 is 1.16 bits per heavy atom. The number of benzene rings is 1. The topological polar surface area (TPSA) is 93.2 Å². The lowest BCUT2D eigenvalue weighted by Gasteiger charge is -2.41. The summed E-state index contributed by atoms with van der Waals surface area (Å²) in [6, 6.07) is 0.978. The molecule has 2 amide bonds. The third kappa shape index (κ3) is 4.36. The zero-order chi connectivity index (χ0) is 23.0. The molecule has 2 bridgehead atoms. The average molecular weight is 449 g/mol. The predicted molar refractivity (Wildman–Crippen MR) is 110 cm³/mol. The fraction of sp³-hybridized carbons (Fsp3) is 0.500. The van der Waals surface area contributed by atoms with E-state index in [0.29, 0.717) is 24.6 Å². The van der Waals surface area contributed by atoms with Crippen molar-refractivity contribution < 1.29 is 22.8 Å². The molecule has 0 aliphatic carbocycles. The van der Waals surface area contributed by atoms with Crippen molar-refractivity contribution in [2.24, 2.45) is 18.7 Å². The van der Waals surface area contributed by atoms with E-state index in [-0.39, 0.29) is 48.3 Å². The van der Waals surface area contributed by atoms with Crippen LogP contribution in [-0.4, -0.2) is 50.9 Å². The van der Waals surface area contributed by atoms with Gasteiger partial charge in [-0.25, -0.2) is 18.2 Å². The van der Waals surface area contributed by atoms with Crippen molar-refractivity contribution >= 4 is 11.8 Å². The maximum atomic E-state index is 14.0. The number of carbonyl (C=O) groups is 2. The number of aromatic nitrogens is 2. The first-order valence-corrected chi connectivity index (χ1v) is 10.7. The SMILES string of the molecule is Cn1cncc1C(=O)NCC(=O)N1C2CCC1CC(C(N)Cc1cc(F)c(F)cc1F)C2. The van der Waals surface area contributed by atoms with Crippen LogP contribution in [-0.2, 0) is 18.3 Å². The molecule has 0 saturated carbocycles. The number of imidazole rings is 1. The van der Waals surface area contributed by atoms with Gasteiger partial charge in [-0.05, 0) is 49.7 Å². The number of hydrogen-bond acceptors (Lipinski definition) is 4. The van der Waals surface area contributed by atoms with E-state index in [0.717, 1.165) is 18.9 Å². The molecule has 2 aliphatic heterocycles. The molecule has 4 rings (SSSR count). The van der Waals surface area contributed by atoms with Crippen LogP contribution in [0.15, 0.2) is 24.7 Å². The Kier molecular flexibility index (Phi) is 6.23. The fourth-order valence-electron chi connectivity index (χ4n) is 5.03. The summed E-state index contributed by atoms with van der Waals surface area (Å²) in [6.07, 6.45) is 6.05. The van der Waals surface area contributed by atoms with Gasteiger partial charge in [0, 0.05) is 31.2 Å². The Morgan fingerprint density at radius 3 is 2.44 bits per heavy atom. The Labute approximate surface area is 183 Å². The van der Waals surface area contributed by atoms with Gasteiger partial charge in [0.05, 0.1) is 19.1 Å². The number of nitrogens with two attached hydrogens (primary N) is 1. The van der Waals surface area contributed by atoms with Gasteiger partial charge in [0.25, 0.3) is 5.91 Å². The molecule has 1 aromatic heterocycles. The van der Waals surface area contributed by atoms with Crippen LogP contribution in [0.25, 0.3) is 0 Å². The van der Waals surface area contributed by atoms with Gasteiger partial charge in [0.1, 0.15) is 11.5 Å². The molecule has 2 aliphatic rings. The molecule has 3 unspecified atom stereocenters. The number of aryl methyl sites for hydroxylation is 1. The molecule has 7 nitrogen and oxygen atoms in total. The van der Waals surface area contributed by atoms with E-state index in [1.807, 2.05) is 4.90 Å². The number of nitrogens with zero attached hydrogens (tertiary/aromatic N) is 3. The Bertz CT molecular complexity index is 1010. The molecular weight excluding hydrogens is 423 g/mol. The van der Waals surface area contributed by atoms with E-state index in [9.17, 15) is 22.8 Å². The lowest BCUT2D eigenvalue weighted by Crippen LogP contribution is -2.52. The van der Waals surface area contributed by atoms with Gasteiger partial charge in [0.15, 0.2) is 11.6 Å². The van der Waals surface area contributed by atoms with Crippen molar-refractivity contribution in [3.8, 4) is 0 Å². The second-order valence-electron chi connectivity index (χ2n) is 8.72. The van der Waals surface area contributed by atoms with E-state index in [1.165, 1.54) is 12.5 Å². The van der Waals surface area contributed by atoms with Crippen LogP contribution >= 0.6 is 0 Å².